The minimum atomic E-state index is -0.421. The monoisotopic (exact) mass is 333 g/mol. The van der Waals surface area contributed by atoms with Crippen LogP contribution in [0.1, 0.15) is 13.3 Å². The quantitative estimate of drug-likeness (QED) is 0.845. The average molecular weight is 334 g/mol. The molecular weight excluding hydrogens is 314 g/mol. The van der Waals surface area contributed by atoms with Gasteiger partial charge in [-0.1, -0.05) is 11.6 Å². The van der Waals surface area contributed by atoms with Crippen molar-refractivity contribution in [1.82, 2.24) is 9.78 Å². The summed E-state index contributed by atoms with van der Waals surface area (Å²) in [4.78, 5) is 14.7. The molecule has 2 atom stereocenters. The van der Waals surface area contributed by atoms with E-state index in [9.17, 15) is 4.79 Å². The van der Waals surface area contributed by atoms with Crippen molar-refractivity contribution in [2.75, 3.05) is 18.1 Å². The first-order valence-corrected chi connectivity index (χ1v) is 8.23. The van der Waals surface area contributed by atoms with Crippen LogP contribution < -0.4 is 4.90 Å². The second-order valence-electron chi connectivity index (χ2n) is 5.63. The zero-order valence-electron chi connectivity index (χ0n) is 13.1. The lowest BCUT2D eigenvalue weighted by molar-refractivity contribution is -0.129. The van der Waals surface area contributed by atoms with Gasteiger partial charge in [-0.25, -0.2) is 0 Å². The summed E-state index contributed by atoms with van der Waals surface area (Å²) in [5.74, 6) is 0.147. The number of carbonyl (C=O) groups excluding carboxylic acids is 1. The SMILES string of the molecule is CCN(C(=O)[C@@H]1OCC[C@@H]1Cn1cccn1)c1ccc(Cl)cc1. The number of likely N-dealkylation sites (N-methyl/N-ethyl adjacent to an activating group) is 1. The summed E-state index contributed by atoms with van der Waals surface area (Å²) in [5.41, 5.74) is 0.843. The van der Waals surface area contributed by atoms with Gasteiger partial charge in [0.25, 0.3) is 5.91 Å². The summed E-state index contributed by atoms with van der Waals surface area (Å²) in [6.45, 7) is 3.86. The summed E-state index contributed by atoms with van der Waals surface area (Å²) >= 11 is 5.93. The van der Waals surface area contributed by atoms with Gasteiger partial charge in [-0.3, -0.25) is 9.48 Å². The summed E-state index contributed by atoms with van der Waals surface area (Å²) in [7, 11) is 0. The number of rotatable bonds is 5. The minimum absolute atomic E-state index is 0.00415. The molecule has 0 saturated carbocycles. The number of amides is 1. The molecule has 0 radical (unpaired) electrons. The van der Waals surface area contributed by atoms with E-state index in [0.29, 0.717) is 24.7 Å². The Morgan fingerprint density at radius 2 is 2.22 bits per heavy atom. The molecule has 0 aliphatic carbocycles. The molecule has 1 aromatic carbocycles. The molecule has 3 rings (SSSR count). The molecule has 122 valence electrons. The van der Waals surface area contributed by atoms with Gasteiger partial charge in [-0.15, -0.1) is 0 Å². The number of nitrogens with zero attached hydrogens (tertiary/aromatic N) is 3. The number of anilines is 1. The topological polar surface area (TPSA) is 47.4 Å². The molecule has 6 heteroatoms. The number of hydrogen-bond acceptors (Lipinski definition) is 3. The lowest BCUT2D eigenvalue weighted by Crippen LogP contribution is -2.42. The van der Waals surface area contributed by atoms with E-state index in [2.05, 4.69) is 5.10 Å². The predicted octanol–water partition coefficient (Wildman–Crippen LogP) is 2.99. The van der Waals surface area contributed by atoms with Gasteiger partial charge in [0.15, 0.2) is 0 Å². The summed E-state index contributed by atoms with van der Waals surface area (Å²) in [6.07, 6.45) is 4.11. The van der Waals surface area contributed by atoms with Crippen molar-refractivity contribution in [3.63, 3.8) is 0 Å². The number of carbonyl (C=O) groups is 1. The minimum Gasteiger partial charge on any atom is -0.368 e. The van der Waals surface area contributed by atoms with E-state index in [0.717, 1.165) is 12.1 Å². The average Bonchev–Trinajstić information content (AvgIpc) is 3.22. The van der Waals surface area contributed by atoms with E-state index < -0.39 is 6.10 Å². The van der Waals surface area contributed by atoms with E-state index in [4.69, 9.17) is 16.3 Å². The van der Waals surface area contributed by atoms with E-state index >= 15 is 0 Å². The Morgan fingerprint density at radius 1 is 1.43 bits per heavy atom. The third kappa shape index (κ3) is 3.57. The molecule has 1 aliphatic rings. The third-order valence-corrected chi connectivity index (χ3v) is 4.41. The summed E-state index contributed by atoms with van der Waals surface area (Å²) < 4.78 is 7.61. The van der Waals surface area contributed by atoms with Crippen LogP contribution in [0.5, 0.6) is 0 Å². The molecule has 2 aromatic rings. The van der Waals surface area contributed by atoms with Crippen molar-refractivity contribution in [2.24, 2.45) is 5.92 Å². The standard InChI is InChI=1S/C17H20ClN3O2/c1-2-21(15-6-4-14(18)5-7-15)17(22)16-13(8-11-23-16)12-20-10-3-9-19-20/h3-7,9-10,13,16H,2,8,11-12H2,1H3/t13-,16-/m1/s1. The van der Waals surface area contributed by atoms with Crippen molar-refractivity contribution < 1.29 is 9.53 Å². The molecule has 23 heavy (non-hydrogen) atoms. The van der Waals surface area contributed by atoms with Crippen LogP contribution in [-0.4, -0.2) is 34.9 Å². The number of aromatic nitrogens is 2. The Labute approximate surface area is 140 Å². The van der Waals surface area contributed by atoms with E-state index in [1.165, 1.54) is 0 Å². The molecule has 1 amide bonds. The maximum atomic E-state index is 12.9. The van der Waals surface area contributed by atoms with Gasteiger partial charge < -0.3 is 9.64 Å². The van der Waals surface area contributed by atoms with Gasteiger partial charge in [0, 0.05) is 48.7 Å². The van der Waals surface area contributed by atoms with Crippen LogP contribution in [0.4, 0.5) is 5.69 Å². The van der Waals surface area contributed by atoms with Crippen LogP contribution in [0, 0.1) is 5.92 Å². The molecule has 0 bridgehead atoms. The molecular formula is C17H20ClN3O2. The van der Waals surface area contributed by atoms with Crippen LogP contribution in [0.3, 0.4) is 0 Å². The maximum Gasteiger partial charge on any atom is 0.256 e. The zero-order valence-corrected chi connectivity index (χ0v) is 13.8. The zero-order chi connectivity index (χ0) is 16.2. The van der Waals surface area contributed by atoms with E-state index in [1.54, 1.807) is 23.2 Å². The van der Waals surface area contributed by atoms with Crippen molar-refractivity contribution in [3.05, 3.63) is 47.7 Å². The van der Waals surface area contributed by atoms with Crippen molar-refractivity contribution in [1.29, 1.82) is 0 Å². The molecule has 0 spiro atoms. The highest BCUT2D eigenvalue weighted by Crippen LogP contribution is 2.27. The fourth-order valence-electron chi connectivity index (χ4n) is 2.98. The Bertz CT molecular complexity index is 642. The largest absolute Gasteiger partial charge is 0.368 e. The fourth-order valence-corrected chi connectivity index (χ4v) is 3.11. The van der Waals surface area contributed by atoms with E-state index in [1.807, 2.05) is 36.0 Å². The van der Waals surface area contributed by atoms with Gasteiger partial charge in [0.05, 0.1) is 0 Å². The first-order valence-electron chi connectivity index (χ1n) is 7.85. The molecule has 5 nitrogen and oxygen atoms in total. The maximum absolute atomic E-state index is 12.9. The van der Waals surface area contributed by atoms with Gasteiger partial charge in [0.1, 0.15) is 6.10 Å². The van der Waals surface area contributed by atoms with Gasteiger partial charge >= 0.3 is 0 Å². The second kappa shape index (κ2) is 7.15. The van der Waals surface area contributed by atoms with Crippen LogP contribution in [0.25, 0.3) is 0 Å². The number of benzene rings is 1. The number of ether oxygens (including phenoxy) is 1. The fraction of sp³-hybridized carbons (Fsp3) is 0.412. The first-order chi connectivity index (χ1) is 11.2. The molecule has 1 saturated heterocycles. The summed E-state index contributed by atoms with van der Waals surface area (Å²) in [6, 6.07) is 9.20. The highest BCUT2D eigenvalue weighted by Gasteiger charge is 2.37. The molecule has 1 aromatic heterocycles. The van der Waals surface area contributed by atoms with Crippen LogP contribution >= 0.6 is 11.6 Å². The predicted molar refractivity (Wildman–Crippen MR) is 89.6 cm³/mol. The molecule has 2 heterocycles. The van der Waals surface area contributed by atoms with Crippen LogP contribution in [0.2, 0.25) is 5.02 Å². The molecule has 1 fully saturated rings. The van der Waals surface area contributed by atoms with Crippen LogP contribution in [0.15, 0.2) is 42.7 Å². The Hall–Kier alpha value is -1.85. The van der Waals surface area contributed by atoms with Crippen molar-refractivity contribution in [2.45, 2.75) is 26.0 Å². The van der Waals surface area contributed by atoms with Crippen LogP contribution in [-0.2, 0) is 16.1 Å². The van der Waals surface area contributed by atoms with Gasteiger partial charge in [0.2, 0.25) is 0 Å². The summed E-state index contributed by atoms with van der Waals surface area (Å²) in [5, 5.41) is 4.89. The molecule has 0 N–H and O–H groups in total. The molecule has 1 aliphatic heterocycles. The Morgan fingerprint density at radius 3 is 2.87 bits per heavy atom. The van der Waals surface area contributed by atoms with Gasteiger partial charge in [-0.2, -0.15) is 5.10 Å². The second-order valence-corrected chi connectivity index (χ2v) is 6.06. The van der Waals surface area contributed by atoms with Crippen molar-refractivity contribution >= 4 is 23.2 Å². The van der Waals surface area contributed by atoms with Crippen molar-refractivity contribution in [3.8, 4) is 0 Å². The Balaban J connectivity index is 1.75. The molecule has 0 unspecified atom stereocenters. The smallest absolute Gasteiger partial charge is 0.256 e. The normalized spacial score (nSPS) is 20.6. The van der Waals surface area contributed by atoms with E-state index in [-0.39, 0.29) is 11.8 Å². The number of hydrogen-bond donors (Lipinski definition) is 0. The Kier molecular flexibility index (Phi) is 4.98. The lowest BCUT2D eigenvalue weighted by atomic mass is 10.00. The highest BCUT2D eigenvalue weighted by atomic mass is 35.5. The number of halogens is 1. The third-order valence-electron chi connectivity index (χ3n) is 4.16. The lowest BCUT2D eigenvalue weighted by Gasteiger charge is -2.27. The van der Waals surface area contributed by atoms with Gasteiger partial charge in [-0.05, 0) is 43.7 Å². The first kappa shape index (κ1) is 16.0. The highest BCUT2D eigenvalue weighted by molar-refractivity contribution is 6.30.